The highest BCUT2D eigenvalue weighted by atomic mass is 16.5. The van der Waals surface area contributed by atoms with Crippen molar-refractivity contribution in [3.8, 4) is 17.1 Å². The fourth-order valence-electron chi connectivity index (χ4n) is 3.01. The van der Waals surface area contributed by atoms with E-state index in [0.29, 0.717) is 5.92 Å². The lowest BCUT2D eigenvalue weighted by Gasteiger charge is -2.23. The zero-order valence-electron chi connectivity index (χ0n) is 12.6. The molecule has 21 heavy (non-hydrogen) atoms. The summed E-state index contributed by atoms with van der Waals surface area (Å²) in [5.41, 5.74) is 3.44. The van der Waals surface area contributed by atoms with Crippen molar-refractivity contribution in [3.63, 3.8) is 0 Å². The van der Waals surface area contributed by atoms with Gasteiger partial charge in [0, 0.05) is 11.9 Å². The molecule has 110 valence electrons. The Labute approximate surface area is 125 Å². The molecule has 1 unspecified atom stereocenters. The minimum absolute atomic E-state index is 0.697. The van der Waals surface area contributed by atoms with Gasteiger partial charge in [0.2, 0.25) is 0 Å². The van der Waals surface area contributed by atoms with Gasteiger partial charge in [-0.15, -0.1) is 0 Å². The summed E-state index contributed by atoms with van der Waals surface area (Å²) in [4.78, 5) is 9.33. The Bertz CT molecular complexity index is 627. The average molecular weight is 283 g/mol. The van der Waals surface area contributed by atoms with Crippen LogP contribution in [0.25, 0.3) is 11.4 Å². The van der Waals surface area contributed by atoms with Gasteiger partial charge in [-0.05, 0) is 56.5 Å². The minimum atomic E-state index is 0.697. The van der Waals surface area contributed by atoms with Crippen molar-refractivity contribution in [2.45, 2.75) is 19.3 Å². The van der Waals surface area contributed by atoms with Crippen LogP contribution in [0.5, 0.6) is 5.75 Å². The first-order valence-electron chi connectivity index (χ1n) is 7.44. The van der Waals surface area contributed by atoms with Crippen LogP contribution in [-0.2, 0) is 12.8 Å². The van der Waals surface area contributed by atoms with Crippen molar-refractivity contribution < 1.29 is 4.74 Å². The van der Waals surface area contributed by atoms with E-state index in [2.05, 4.69) is 10.3 Å². The first-order valence-corrected chi connectivity index (χ1v) is 7.44. The molecule has 4 nitrogen and oxygen atoms in total. The van der Waals surface area contributed by atoms with Crippen molar-refractivity contribution in [1.82, 2.24) is 15.3 Å². The van der Waals surface area contributed by atoms with Crippen LogP contribution in [0.4, 0.5) is 0 Å². The Kier molecular flexibility index (Phi) is 4.15. The molecule has 1 aromatic heterocycles. The highest BCUT2D eigenvalue weighted by molar-refractivity contribution is 5.64. The molecule has 0 saturated carbocycles. The quantitative estimate of drug-likeness (QED) is 0.936. The number of nitrogens with zero attached hydrogens (tertiary/aromatic N) is 2. The maximum atomic E-state index is 5.40. The summed E-state index contributed by atoms with van der Waals surface area (Å²) in [5.74, 6) is 2.28. The summed E-state index contributed by atoms with van der Waals surface area (Å²) >= 11 is 0. The molecular weight excluding hydrogens is 262 g/mol. The highest BCUT2D eigenvalue weighted by Crippen LogP contribution is 2.29. The lowest BCUT2D eigenvalue weighted by molar-refractivity contribution is 0.416. The van der Waals surface area contributed by atoms with Crippen molar-refractivity contribution in [2.24, 2.45) is 5.92 Å². The van der Waals surface area contributed by atoms with Gasteiger partial charge in [0.05, 0.1) is 12.7 Å². The number of aryl methyl sites for hydroxylation is 1. The summed E-state index contributed by atoms with van der Waals surface area (Å²) in [6.07, 6.45) is 5.29. The minimum Gasteiger partial charge on any atom is -0.496 e. The number of para-hydroxylation sites is 1. The third kappa shape index (κ3) is 2.90. The first kappa shape index (κ1) is 14.0. The van der Waals surface area contributed by atoms with E-state index in [1.807, 2.05) is 37.5 Å². The molecule has 2 aromatic rings. The summed E-state index contributed by atoms with van der Waals surface area (Å²) in [6, 6.07) is 7.90. The van der Waals surface area contributed by atoms with Crippen LogP contribution in [0.15, 0.2) is 30.5 Å². The van der Waals surface area contributed by atoms with Crippen molar-refractivity contribution in [1.29, 1.82) is 0 Å². The Balaban J connectivity index is 1.90. The molecule has 1 aliphatic carbocycles. The molecule has 0 bridgehead atoms. The van der Waals surface area contributed by atoms with Crippen molar-refractivity contribution in [3.05, 3.63) is 41.7 Å². The molecular formula is C17H21N3O. The molecule has 1 atom stereocenters. The zero-order chi connectivity index (χ0) is 14.7. The molecule has 3 rings (SSSR count). The molecule has 0 radical (unpaired) electrons. The van der Waals surface area contributed by atoms with Crippen LogP contribution in [0.3, 0.4) is 0 Å². The topological polar surface area (TPSA) is 47.0 Å². The van der Waals surface area contributed by atoms with Gasteiger partial charge in [0.15, 0.2) is 5.82 Å². The Morgan fingerprint density at radius 1 is 1.33 bits per heavy atom. The Hall–Kier alpha value is -1.94. The number of methoxy groups -OCH3 is 1. The van der Waals surface area contributed by atoms with Crippen LogP contribution in [0.1, 0.15) is 17.7 Å². The summed E-state index contributed by atoms with van der Waals surface area (Å²) in [6.45, 7) is 1.06. The van der Waals surface area contributed by atoms with Gasteiger partial charge in [-0.25, -0.2) is 9.97 Å². The number of ether oxygens (including phenoxy) is 1. The second-order valence-electron chi connectivity index (χ2n) is 5.53. The number of hydrogen-bond acceptors (Lipinski definition) is 4. The van der Waals surface area contributed by atoms with Gasteiger partial charge in [-0.3, -0.25) is 0 Å². The molecule has 0 spiro atoms. The maximum absolute atomic E-state index is 5.40. The monoisotopic (exact) mass is 283 g/mol. The van der Waals surface area contributed by atoms with Crippen LogP contribution in [0, 0.1) is 5.92 Å². The standard InChI is InChI=1S/C17H21N3O/c1-18-10-12-7-8-15-13(9-12)11-19-17(20-15)14-5-3-4-6-16(14)21-2/h3-6,11-12,18H,7-10H2,1-2H3. The smallest absolute Gasteiger partial charge is 0.163 e. The van der Waals surface area contributed by atoms with Gasteiger partial charge < -0.3 is 10.1 Å². The normalized spacial score (nSPS) is 17.3. The first-order chi connectivity index (χ1) is 10.3. The van der Waals surface area contributed by atoms with Crippen LogP contribution >= 0.6 is 0 Å². The number of rotatable bonds is 4. The van der Waals surface area contributed by atoms with E-state index in [9.17, 15) is 0 Å². The average Bonchev–Trinajstić information content (AvgIpc) is 2.54. The largest absolute Gasteiger partial charge is 0.496 e. The molecule has 1 N–H and O–H groups in total. The maximum Gasteiger partial charge on any atom is 0.163 e. The van der Waals surface area contributed by atoms with Crippen LogP contribution < -0.4 is 10.1 Å². The molecule has 0 amide bonds. The molecule has 0 saturated heterocycles. The van der Waals surface area contributed by atoms with E-state index in [-0.39, 0.29) is 0 Å². The van der Waals surface area contributed by atoms with Gasteiger partial charge in [-0.2, -0.15) is 0 Å². The lowest BCUT2D eigenvalue weighted by atomic mass is 9.87. The highest BCUT2D eigenvalue weighted by Gasteiger charge is 2.20. The van der Waals surface area contributed by atoms with E-state index in [0.717, 1.165) is 36.5 Å². The summed E-state index contributed by atoms with van der Waals surface area (Å²) < 4.78 is 5.40. The predicted molar refractivity (Wildman–Crippen MR) is 83.5 cm³/mol. The number of benzene rings is 1. The van der Waals surface area contributed by atoms with Gasteiger partial charge >= 0.3 is 0 Å². The molecule has 0 fully saturated rings. The predicted octanol–water partition coefficient (Wildman–Crippen LogP) is 2.48. The lowest BCUT2D eigenvalue weighted by Crippen LogP contribution is -2.25. The fraction of sp³-hybridized carbons (Fsp3) is 0.412. The van der Waals surface area contributed by atoms with Gasteiger partial charge in [-0.1, -0.05) is 12.1 Å². The summed E-state index contributed by atoms with van der Waals surface area (Å²) in [5, 5.41) is 3.26. The van der Waals surface area contributed by atoms with E-state index < -0.39 is 0 Å². The Morgan fingerprint density at radius 3 is 3.00 bits per heavy atom. The van der Waals surface area contributed by atoms with E-state index in [1.54, 1.807) is 7.11 Å². The number of nitrogens with one attached hydrogen (secondary N) is 1. The Morgan fingerprint density at radius 2 is 2.19 bits per heavy atom. The molecule has 4 heteroatoms. The van der Waals surface area contributed by atoms with E-state index in [4.69, 9.17) is 9.72 Å². The fourth-order valence-corrected chi connectivity index (χ4v) is 3.01. The van der Waals surface area contributed by atoms with Crippen LogP contribution in [0.2, 0.25) is 0 Å². The second kappa shape index (κ2) is 6.22. The third-order valence-corrected chi connectivity index (χ3v) is 4.09. The molecule has 1 aromatic carbocycles. The molecule has 1 heterocycles. The van der Waals surface area contributed by atoms with Gasteiger partial charge in [0.1, 0.15) is 5.75 Å². The van der Waals surface area contributed by atoms with Crippen molar-refractivity contribution >= 4 is 0 Å². The van der Waals surface area contributed by atoms with E-state index >= 15 is 0 Å². The SMILES string of the molecule is CNCC1CCc2nc(-c3ccccc3OC)ncc2C1. The number of fused-ring (bicyclic) bond motifs is 1. The van der Waals surface area contributed by atoms with Crippen LogP contribution in [-0.4, -0.2) is 30.7 Å². The molecule has 1 aliphatic rings. The molecule has 0 aliphatic heterocycles. The summed E-state index contributed by atoms with van der Waals surface area (Å²) in [7, 11) is 3.69. The third-order valence-electron chi connectivity index (χ3n) is 4.09. The number of aromatic nitrogens is 2. The second-order valence-corrected chi connectivity index (χ2v) is 5.53. The number of hydrogen-bond donors (Lipinski definition) is 1. The van der Waals surface area contributed by atoms with Gasteiger partial charge in [0.25, 0.3) is 0 Å². The van der Waals surface area contributed by atoms with E-state index in [1.165, 1.54) is 17.7 Å². The van der Waals surface area contributed by atoms with Crippen molar-refractivity contribution in [2.75, 3.05) is 20.7 Å². The zero-order valence-corrected chi connectivity index (χ0v) is 12.6.